The molecule has 0 N–H and O–H groups in total. The van der Waals surface area contributed by atoms with Gasteiger partial charge in [0.05, 0.1) is 5.57 Å². The summed E-state index contributed by atoms with van der Waals surface area (Å²) in [6, 6.07) is 6.65. The van der Waals surface area contributed by atoms with E-state index in [1.807, 2.05) is 0 Å². The van der Waals surface area contributed by atoms with Crippen molar-refractivity contribution in [2.45, 2.75) is 13.8 Å². The van der Waals surface area contributed by atoms with Crippen LogP contribution >= 0.6 is 0 Å². The van der Waals surface area contributed by atoms with Gasteiger partial charge in [0.2, 0.25) is 0 Å². The Morgan fingerprint density at radius 3 is 2.47 bits per heavy atom. The summed E-state index contributed by atoms with van der Waals surface area (Å²) in [6.07, 6.45) is 1.49. The second-order valence-electron chi connectivity index (χ2n) is 3.45. The average Bonchev–Trinajstić information content (AvgIpc) is 2.26. The van der Waals surface area contributed by atoms with Crippen molar-refractivity contribution in [1.29, 1.82) is 0 Å². The van der Waals surface area contributed by atoms with Crippen LogP contribution in [0.15, 0.2) is 35.0 Å². The van der Waals surface area contributed by atoms with E-state index in [0.29, 0.717) is 11.3 Å². The Morgan fingerprint density at radius 2 is 1.94 bits per heavy atom. The molecule has 17 heavy (non-hydrogen) atoms. The van der Waals surface area contributed by atoms with Crippen molar-refractivity contribution in [3.05, 3.63) is 45.8 Å². The van der Waals surface area contributed by atoms with Crippen LogP contribution in [0.3, 0.4) is 0 Å². The molecule has 1 rings (SSSR count). The number of azide groups is 1. The van der Waals surface area contributed by atoms with Crippen LogP contribution in [0.25, 0.3) is 16.5 Å². The summed E-state index contributed by atoms with van der Waals surface area (Å²) in [5.41, 5.74) is 9.52. The second-order valence-corrected chi connectivity index (χ2v) is 3.45. The summed E-state index contributed by atoms with van der Waals surface area (Å²) in [7, 11) is 0. The normalized spacial score (nSPS) is 9.06. The van der Waals surface area contributed by atoms with Crippen molar-refractivity contribution in [1.82, 2.24) is 0 Å². The number of benzene rings is 1. The minimum absolute atomic E-state index is 0.128. The minimum Gasteiger partial charge on any atom is -0.294 e. The summed E-state index contributed by atoms with van der Waals surface area (Å²) in [4.78, 5) is 25.1. The molecule has 5 heteroatoms. The van der Waals surface area contributed by atoms with Crippen LogP contribution in [0.2, 0.25) is 0 Å². The zero-order chi connectivity index (χ0) is 12.8. The number of carbonyl (C=O) groups is 2. The van der Waals surface area contributed by atoms with E-state index in [1.54, 1.807) is 24.3 Å². The molecule has 0 aliphatic heterocycles. The number of nitrogens with zero attached hydrogens (tertiary/aromatic N) is 3. The highest BCUT2D eigenvalue weighted by atomic mass is 16.1. The van der Waals surface area contributed by atoms with Gasteiger partial charge in [0.1, 0.15) is 0 Å². The molecular weight excluding hydrogens is 218 g/mol. The van der Waals surface area contributed by atoms with Crippen LogP contribution in [0.5, 0.6) is 0 Å². The molecule has 0 aliphatic rings. The van der Waals surface area contributed by atoms with E-state index in [0.717, 1.165) is 0 Å². The van der Waals surface area contributed by atoms with Crippen LogP contribution in [-0.2, 0) is 9.59 Å². The van der Waals surface area contributed by atoms with Gasteiger partial charge in [-0.05, 0) is 37.1 Å². The Hall–Kier alpha value is -2.39. The fraction of sp³-hybridized carbons (Fsp3) is 0.167. The van der Waals surface area contributed by atoms with E-state index < -0.39 is 0 Å². The van der Waals surface area contributed by atoms with Gasteiger partial charge in [0, 0.05) is 10.6 Å². The number of allylic oxidation sites excluding steroid dienone is 1. The predicted molar refractivity (Wildman–Crippen MR) is 64.6 cm³/mol. The van der Waals surface area contributed by atoms with Gasteiger partial charge in [0.25, 0.3) is 0 Å². The molecule has 0 saturated carbocycles. The molecule has 0 spiro atoms. The fourth-order valence-corrected chi connectivity index (χ4v) is 1.35. The molecule has 0 aliphatic carbocycles. The molecule has 0 atom stereocenters. The Bertz CT molecular complexity index is 524. The van der Waals surface area contributed by atoms with Gasteiger partial charge < -0.3 is 0 Å². The van der Waals surface area contributed by atoms with Gasteiger partial charge in [0.15, 0.2) is 11.6 Å². The average molecular weight is 229 g/mol. The minimum atomic E-state index is -0.285. The standard InChI is InChI=1S/C12H11N3O2/c1-8(16)12(9(2)17)7-10-4-3-5-11(6-10)14-15-13/h3-7H,1-2H3. The molecule has 1 aromatic rings. The molecular formula is C12H11N3O2. The first kappa shape index (κ1) is 12.7. The Kier molecular flexibility index (Phi) is 4.20. The van der Waals surface area contributed by atoms with Gasteiger partial charge in [-0.25, -0.2) is 0 Å². The quantitative estimate of drug-likeness (QED) is 0.198. The molecule has 1 aromatic carbocycles. The summed E-state index contributed by atoms with van der Waals surface area (Å²) >= 11 is 0. The van der Waals surface area contributed by atoms with E-state index in [1.165, 1.54) is 19.9 Å². The van der Waals surface area contributed by atoms with Crippen molar-refractivity contribution < 1.29 is 9.59 Å². The lowest BCUT2D eigenvalue weighted by Crippen LogP contribution is -2.05. The predicted octanol–water partition coefficient (Wildman–Crippen LogP) is 3.19. The third-order valence-electron chi connectivity index (χ3n) is 2.10. The number of rotatable bonds is 4. The maximum absolute atomic E-state index is 11.2. The summed E-state index contributed by atoms with van der Waals surface area (Å²) in [5.74, 6) is -0.571. The van der Waals surface area contributed by atoms with Crippen molar-refractivity contribution >= 4 is 23.3 Å². The molecule has 86 valence electrons. The molecule has 5 nitrogen and oxygen atoms in total. The van der Waals surface area contributed by atoms with Gasteiger partial charge >= 0.3 is 0 Å². The number of carbonyl (C=O) groups excluding carboxylic acids is 2. The van der Waals surface area contributed by atoms with Crippen molar-refractivity contribution in [3.63, 3.8) is 0 Å². The number of Topliss-reactive ketones (excluding diaryl/α,β-unsaturated/α-hetero) is 2. The fourth-order valence-electron chi connectivity index (χ4n) is 1.35. The zero-order valence-electron chi connectivity index (χ0n) is 9.54. The van der Waals surface area contributed by atoms with Crippen molar-refractivity contribution in [2.24, 2.45) is 5.11 Å². The Balaban J connectivity index is 3.20. The van der Waals surface area contributed by atoms with Crippen LogP contribution in [0.4, 0.5) is 5.69 Å². The van der Waals surface area contributed by atoms with E-state index in [4.69, 9.17) is 5.53 Å². The third kappa shape index (κ3) is 3.59. The van der Waals surface area contributed by atoms with Crippen LogP contribution < -0.4 is 0 Å². The molecule has 0 heterocycles. The van der Waals surface area contributed by atoms with E-state index in [2.05, 4.69) is 10.0 Å². The highest BCUT2D eigenvalue weighted by molar-refractivity contribution is 6.21. The van der Waals surface area contributed by atoms with Gasteiger partial charge in [-0.1, -0.05) is 23.3 Å². The number of ketones is 2. The summed E-state index contributed by atoms with van der Waals surface area (Å²) in [6.45, 7) is 2.68. The summed E-state index contributed by atoms with van der Waals surface area (Å²) in [5, 5.41) is 3.45. The highest BCUT2D eigenvalue weighted by Crippen LogP contribution is 2.17. The van der Waals surface area contributed by atoms with Crippen molar-refractivity contribution in [3.8, 4) is 0 Å². The maximum atomic E-state index is 11.2. The lowest BCUT2D eigenvalue weighted by Gasteiger charge is -2.00. The Morgan fingerprint density at radius 1 is 1.29 bits per heavy atom. The maximum Gasteiger partial charge on any atom is 0.163 e. The highest BCUT2D eigenvalue weighted by Gasteiger charge is 2.09. The number of hydrogen-bond acceptors (Lipinski definition) is 3. The SMILES string of the molecule is CC(=O)C(=Cc1cccc(N=[N+]=[N-])c1)C(C)=O. The molecule has 0 unspecified atom stereocenters. The molecule has 0 radical (unpaired) electrons. The molecule has 0 saturated heterocycles. The lowest BCUT2D eigenvalue weighted by atomic mass is 10.0. The van der Waals surface area contributed by atoms with Gasteiger partial charge in [-0.3, -0.25) is 9.59 Å². The molecule has 0 fully saturated rings. The van der Waals surface area contributed by atoms with Crippen LogP contribution in [-0.4, -0.2) is 11.6 Å². The van der Waals surface area contributed by atoms with E-state index >= 15 is 0 Å². The monoisotopic (exact) mass is 229 g/mol. The smallest absolute Gasteiger partial charge is 0.163 e. The third-order valence-corrected chi connectivity index (χ3v) is 2.10. The van der Waals surface area contributed by atoms with Crippen LogP contribution in [0.1, 0.15) is 19.4 Å². The topological polar surface area (TPSA) is 82.9 Å². The molecule has 0 amide bonds. The summed E-state index contributed by atoms with van der Waals surface area (Å²) < 4.78 is 0. The van der Waals surface area contributed by atoms with E-state index in [-0.39, 0.29) is 17.1 Å². The molecule has 0 bridgehead atoms. The van der Waals surface area contributed by atoms with Gasteiger partial charge in [-0.15, -0.1) is 0 Å². The van der Waals surface area contributed by atoms with E-state index in [9.17, 15) is 9.59 Å². The zero-order valence-corrected chi connectivity index (χ0v) is 9.54. The first-order valence-corrected chi connectivity index (χ1v) is 4.93. The van der Waals surface area contributed by atoms with Crippen LogP contribution in [0, 0.1) is 0 Å². The lowest BCUT2D eigenvalue weighted by molar-refractivity contribution is -0.119. The largest absolute Gasteiger partial charge is 0.294 e. The Labute approximate surface area is 98.4 Å². The first-order valence-electron chi connectivity index (χ1n) is 4.93. The number of hydrogen-bond donors (Lipinski definition) is 0. The first-order chi connectivity index (χ1) is 8.04. The van der Waals surface area contributed by atoms with Gasteiger partial charge in [-0.2, -0.15) is 0 Å². The van der Waals surface area contributed by atoms with Crippen molar-refractivity contribution in [2.75, 3.05) is 0 Å². The molecule has 0 aromatic heterocycles. The second kappa shape index (κ2) is 5.63.